The summed E-state index contributed by atoms with van der Waals surface area (Å²) in [5, 5.41) is 10.3. The van der Waals surface area contributed by atoms with Gasteiger partial charge in [-0.25, -0.2) is 4.79 Å². The first-order chi connectivity index (χ1) is 9.77. The number of halogens is 1. The van der Waals surface area contributed by atoms with E-state index in [4.69, 9.17) is 11.6 Å². The van der Waals surface area contributed by atoms with Gasteiger partial charge in [0.25, 0.3) is 0 Å². The van der Waals surface area contributed by atoms with Crippen molar-refractivity contribution in [3.05, 3.63) is 34.9 Å². The van der Waals surface area contributed by atoms with E-state index < -0.39 is 12.0 Å². The monoisotopic (exact) mass is 307 g/mol. The molecule has 1 N–H and O–H groups in total. The van der Waals surface area contributed by atoms with Crippen molar-refractivity contribution in [3.8, 4) is 0 Å². The lowest BCUT2D eigenvalue weighted by molar-refractivity contribution is -0.139. The number of hydrogen-bond donors (Lipinski definition) is 1. The standard InChI is InChI=1S/C17H22ClNO2/c1-5-6-15(16(20)21)19-14-8-7-12(18)9-13(14)11(2)10-17(19,3)4/h7-10,15H,5-6H2,1-4H3,(H,20,21)/t15-/m1/s1. The van der Waals surface area contributed by atoms with E-state index in [0.29, 0.717) is 11.4 Å². The molecule has 1 aliphatic heterocycles. The summed E-state index contributed by atoms with van der Waals surface area (Å²) in [5.41, 5.74) is 2.76. The van der Waals surface area contributed by atoms with Crippen molar-refractivity contribution in [1.82, 2.24) is 0 Å². The number of benzene rings is 1. The lowest BCUT2D eigenvalue weighted by atomic mass is 9.86. The second-order valence-electron chi connectivity index (χ2n) is 6.16. The van der Waals surface area contributed by atoms with E-state index in [1.165, 1.54) is 0 Å². The fourth-order valence-electron chi connectivity index (χ4n) is 3.23. The van der Waals surface area contributed by atoms with E-state index in [1.54, 1.807) is 0 Å². The Hall–Kier alpha value is -1.48. The minimum Gasteiger partial charge on any atom is -0.480 e. The van der Waals surface area contributed by atoms with E-state index in [-0.39, 0.29) is 5.54 Å². The molecular weight excluding hydrogens is 286 g/mol. The van der Waals surface area contributed by atoms with Crippen LogP contribution in [0.1, 0.15) is 46.1 Å². The fraction of sp³-hybridized carbons (Fsp3) is 0.471. The summed E-state index contributed by atoms with van der Waals surface area (Å²) in [7, 11) is 0. The quantitative estimate of drug-likeness (QED) is 0.884. The van der Waals surface area contributed by atoms with Crippen molar-refractivity contribution in [2.24, 2.45) is 0 Å². The third kappa shape index (κ3) is 2.93. The van der Waals surface area contributed by atoms with Gasteiger partial charge in [-0.15, -0.1) is 0 Å². The number of aliphatic carboxylic acids is 1. The first-order valence-corrected chi connectivity index (χ1v) is 7.67. The molecule has 1 heterocycles. The van der Waals surface area contributed by atoms with Crippen molar-refractivity contribution in [2.75, 3.05) is 4.90 Å². The minimum atomic E-state index is -0.779. The van der Waals surface area contributed by atoms with Crippen LogP contribution >= 0.6 is 11.6 Å². The van der Waals surface area contributed by atoms with Gasteiger partial charge in [0.2, 0.25) is 0 Å². The molecule has 1 aromatic rings. The number of hydrogen-bond acceptors (Lipinski definition) is 2. The Morgan fingerprint density at radius 3 is 2.67 bits per heavy atom. The Bertz CT molecular complexity index is 592. The zero-order chi connectivity index (χ0) is 15.8. The Balaban J connectivity index is 2.61. The lowest BCUT2D eigenvalue weighted by Gasteiger charge is -2.46. The van der Waals surface area contributed by atoms with E-state index in [2.05, 4.69) is 19.9 Å². The summed E-state index contributed by atoms with van der Waals surface area (Å²) in [6.45, 7) is 8.17. The van der Waals surface area contributed by atoms with Crippen LogP contribution in [0, 0.1) is 0 Å². The molecule has 0 saturated heterocycles. The average molecular weight is 308 g/mol. The molecule has 3 nitrogen and oxygen atoms in total. The summed E-state index contributed by atoms with van der Waals surface area (Å²) in [4.78, 5) is 13.8. The maximum Gasteiger partial charge on any atom is 0.326 e. The van der Waals surface area contributed by atoms with Crippen LogP contribution < -0.4 is 4.90 Å². The van der Waals surface area contributed by atoms with Gasteiger partial charge in [-0.1, -0.05) is 31.0 Å². The highest BCUT2D eigenvalue weighted by Crippen LogP contribution is 2.41. The summed E-state index contributed by atoms with van der Waals surface area (Å²) in [6, 6.07) is 5.14. The van der Waals surface area contributed by atoms with Gasteiger partial charge in [0.1, 0.15) is 6.04 Å². The second-order valence-corrected chi connectivity index (χ2v) is 6.59. The largest absolute Gasteiger partial charge is 0.480 e. The smallest absolute Gasteiger partial charge is 0.326 e. The summed E-state index contributed by atoms with van der Waals surface area (Å²) < 4.78 is 0. The maximum atomic E-state index is 11.7. The lowest BCUT2D eigenvalue weighted by Crippen LogP contribution is -2.54. The Labute approximate surface area is 131 Å². The number of carbonyl (C=O) groups is 1. The molecule has 0 fully saturated rings. The maximum absolute atomic E-state index is 11.7. The Morgan fingerprint density at radius 2 is 2.10 bits per heavy atom. The number of anilines is 1. The molecule has 0 aliphatic carbocycles. The van der Waals surface area contributed by atoms with Gasteiger partial charge in [0.05, 0.1) is 5.54 Å². The molecule has 1 aliphatic rings. The van der Waals surface area contributed by atoms with Gasteiger partial charge in [-0.2, -0.15) is 0 Å². The van der Waals surface area contributed by atoms with Gasteiger partial charge in [0, 0.05) is 16.3 Å². The second kappa shape index (κ2) is 5.72. The van der Waals surface area contributed by atoms with Crippen LogP contribution in [-0.2, 0) is 4.79 Å². The summed E-state index contributed by atoms with van der Waals surface area (Å²) in [6.07, 6.45) is 3.57. The van der Waals surface area contributed by atoms with E-state index in [0.717, 1.165) is 23.2 Å². The van der Waals surface area contributed by atoms with Crippen LogP contribution in [0.3, 0.4) is 0 Å². The van der Waals surface area contributed by atoms with Crippen LogP contribution in [0.2, 0.25) is 5.02 Å². The molecule has 1 atom stereocenters. The first-order valence-electron chi connectivity index (χ1n) is 7.29. The highest BCUT2D eigenvalue weighted by atomic mass is 35.5. The number of fused-ring (bicyclic) bond motifs is 1. The van der Waals surface area contributed by atoms with Crippen LogP contribution in [0.15, 0.2) is 24.3 Å². The highest BCUT2D eigenvalue weighted by molar-refractivity contribution is 6.30. The number of nitrogens with zero attached hydrogens (tertiary/aromatic N) is 1. The molecule has 0 saturated carbocycles. The molecule has 1 aromatic carbocycles. The number of carboxylic acid groups (broad SMARTS) is 1. The van der Waals surface area contributed by atoms with Crippen molar-refractivity contribution in [3.63, 3.8) is 0 Å². The fourth-order valence-corrected chi connectivity index (χ4v) is 3.40. The van der Waals surface area contributed by atoms with Gasteiger partial charge < -0.3 is 10.0 Å². The first kappa shape index (κ1) is 15.9. The average Bonchev–Trinajstić information content (AvgIpc) is 2.37. The minimum absolute atomic E-state index is 0.344. The molecule has 114 valence electrons. The highest BCUT2D eigenvalue weighted by Gasteiger charge is 2.38. The van der Waals surface area contributed by atoms with Crippen LogP contribution in [0.4, 0.5) is 5.69 Å². The predicted octanol–water partition coefficient (Wildman–Crippen LogP) is 4.60. The summed E-state index contributed by atoms with van der Waals surface area (Å²) in [5.74, 6) is -0.779. The van der Waals surface area contributed by atoms with Crippen LogP contribution in [0.5, 0.6) is 0 Å². The van der Waals surface area contributed by atoms with Gasteiger partial charge >= 0.3 is 5.97 Å². The topological polar surface area (TPSA) is 40.5 Å². The van der Waals surface area contributed by atoms with Crippen molar-refractivity contribution < 1.29 is 9.90 Å². The molecule has 0 amide bonds. The van der Waals surface area contributed by atoms with Crippen molar-refractivity contribution in [2.45, 2.75) is 52.1 Å². The van der Waals surface area contributed by atoms with Crippen LogP contribution in [-0.4, -0.2) is 22.7 Å². The predicted molar refractivity (Wildman–Crippen MR) is 88.0 cm³/mol. The Morgan fingerprint density at radius 1 is 1.43 bits per heavy atom. The normalized spacial score (nSPS) is 18.0. The van der Waals surface area contributed by atoms with Gasteiger partial charge in [0.15, 0.2) is 0 Å². The van der Waals surface area contributed by atoms with E-state index >= 15 is 0 Å². The molecule has 4 heteroatoms. The molecular formula is C17H22ClNO2. The number of rotatable bonds is 4. The summed E-state index contributed by atoms with van der Waals surface area (Å²) >= 11 is 6.10. The molecule has 2 rings (SSSR count). The van der Waals surface area contributed by atoms with Gasteiger partial charge in [-0.05, 0) is 51.0 Å². The molecule has 0 bridgehead atoms. The van der Waals surface area contributed by atoms with E-state index in [9.17, 15) is 9.90 Å². The molecule has 21 heavy (non-hydrogen) atoms. The zero-order valence-electron chi connectivity index (χ0n) is 13.0. The molecule has 0 radical (unpaired) electrons. The van der Waals surface area contributed by atoms with Crippen LogP contribution in [0.25, 0.3) is 5.57 Å². The molecule has 0 aromatic heterocycles. The third-order valence-corrected chi connectivity index (χ3v) is 4.23. The van der Waals surface area contributed by atoms with Crippen molar-refractivity contribution in [1.29, 1.82) is 0 Å². The number of allylic oxidation sites excluding steroid dienone is 1. The Kier molecular flexibility index (Phi) is 4.33. The SMILES string of the molecule is CCC[C@H](C(=O)O)N1c2ccc(Cl)cc2C(C)=CC1(C)C. The zero-order valence-corrected chi connectivity index (χ0v) is 13.7. The van der Waals surface area contributed by atoms with E-state index in [1.807, 2.05) is 36.9 Å². The molecule has 0 unspecified atom stereocenters. The molecule has 0 spiro atoms. The van der Waals surface area contributed by atoms with Gasteiger partial charge in [-0.3, -0.25) is 0 Å². The number of carboxylic acids is 1. The third-order valence-electron chi connectivity index (χ3n) is 3.99. The van der Waals surface area contributed by atoms with Crippen molar-refractivity contribution >= 4 is 28.8 Å².